The van der Waals surface area contributed by atoms with Gasteiger partial charge in [0, 0.05) is 32.7 Å². The molecule has 0 aliphatic carbocycles. The average Bonchev–Trinajstić information content (AvgIpc) is 2.49. The first-order chi connectivity index (χ1) is 9.94. The van der Waals surface area contributed by atoms with Crippen molar-refractivity contribution in [1.82, 2.24) is 9.80 Å². The summed E-state index contributed by atoms with van der Waals surface area (Å²) >= 11 is 0. The molecule has 1 aromatic rings. The van der Waals surface area contributed by atoms with E-state index in [9.17, 15) is 4.79 Å². The number of carbonyl (C=O) groups is 1. The molecule has 1 fully saturated rings. The van der Waals surface area contributed by atoms with E-state index in [0.717, 1.165) is 19.6 Å². The zero-order chi connectivity index (χ0) is 15.5. The number of benzene rings is 1. The Balaban J connectivity index is 1.91. The molecule has 0 spiro atoms. The maximum atomic E-state index is 12.3. The fraction of sp³-hybridized carbons (Fsp3) is 0.529. The van der Waals surface area contributed by atoms with E-state index >= 15 is 0 Å². The van der Waals surface area contributed by atoms with Crippen molar-refractivity contribution in [2.24, 2.45) is 5.41 Å². The van der Waals surface area contributed by atoms with Gasteiger partial charge in [0.25, 0.3) is 0 Å². The molecule has 0 bridgehead atoms. The fourth-order valence-corrected chi connectivity index (χ4v) is 2.58. The van der Waals surface area contributed by atoms with Crippen LogP contribution >= 0.6 is 0 Å². The Morgan fingerprint density at radius 2 is 1.86 bits per heavy atom. The molecule has 0 unspecified atom stereocenters. The van der Waals surface area contributed by atoms with Crippen LogP contribution in [-0.2, 0) is 11.3 Å². The van der Waals surface area contributed by atoms with Gasteiger partial charge in [-0.05, 0) is 31.9 Å². The van der Waals surface area contributed by atoms with Gasteiger partial charge in [-0.1, -0.05) is 24.3 Å². The maximum absolute atomic E-state index is 12.3. The predicted molar refractivity (Wildman–Crippen MR) is 82.4 cm³/mol. The molecule has 1 saturated heterocycles. The first-order valence-corrected chi connectivity index (χ1v) is 7.41. The number of amides is 1. The molecule has 2 rings (SSSR count). The number of hydrogen-bond donors (Lipinski definition) is 0. The van der Waals surface area contributed by atoms with Gasteiger partial charge in [-0.25, -0.2) is 0 Å². The molecule has 1 aliphatic rings. The normalized spacial score (nSPS) is 16.6. The topological polar surface area (TPSA) is 47.3 Å². The van der Waals surface area contributed by atoms with E-state index in [1.54, 1.807) is 13.8 Å². The smallest absolute Gasteiger partial charge is 0.242 e. The summed E-state index contributed by atoms with van der Waals surface area (Å²) in [6.45, 7) is 9.57. The molecule has 1 amide bonds. The molecule has 1 heterocycles. The fourth-order valence-electron chi connectivity index (χ4n) is 2.58. The molecule has 0 aromatic heterocycles. The number of hydrogen-bond acceptors (Lipinski definition) is 3. The van der Waals surface area contributed by atoms with Gasteiger partial charge < -0.3 is 4.90 Å². The molecule has 0 atom stereocenters. The van der Waals surface area contributed by atoms with E-state index in [4.69, 9.17) is 5.26 Å². The van der Waals surface area contributed by atoms with E-state index < -0.39 is 5.41 Å². The minimum Gasteiger partial charge on any atom is -0.339 e. The van der Waals surface area contributed by atoms with Gasteiger partial charge in [0.05, 0.1) is 6.07 Å². The second-order valence-corrected chi connectivity index (χ2v) is 6.23. The highest BCUT2D eigenvalue weighted by molar-refractivity contribution is 5.84. The van der Waals surface area contributed by atoms with Crippen LogP contribution in [0.5, 0.6) is 0 Å². The van der Waals surface area contributed by atoms with Gasteiger partial charge in [-0.3, -0.25) is 9.69 Å². The van der Waals surface area contributed by atoms with Crippen LogP contribution in [0.15, 0.2) is 24.3 Å². The van der Waals surface area contributed by atoms with Crippen molar-refractivity contribution in [1.29, 1.82) is 5.26 Å². The van der Waals surface area contributed by atoms with E-state index in [1.165, 1.54) is 11.1 Å². The monoisotopic (exact) mass is 285 g/mol. The molecule has 0 N–H and O–H groups in total. The summed E-state index contributed by atoms with van der Waals surface area (Å²) in [6.07, 6.45) is 0. The number of rotatable bonds is 3. The van der Waals surface area contributed by atoms with Crippen LogP contribution in [0.3, 0.4) is 0 Å². The van der Waals surface area contributed by atoms with Crippen molar-refractivity contribution in [3.05, 3.63) is 35.4 Å². The Labute approximate surface area is 127 Å². The lowest BCUT2D eigenvalue weighted by Crippen LogP contribution is -2.51. The molecule has 1 aromatic carbocycles. The summed E-state index contributed by atoms with van der Waals surface area (Å²) in [6, 6.07) is 10.5. The molecule has 112 valence electrons. The lowest BCUT2D eigenvalue weighted by Gasteiger charge is -2.37. The Morgan fingerprint density at radius 3 is 2.43 bits per heavy atom. The summed E-state index contributed by atoms with van der Waals surface area (Å²) in [5.74, 6) is -0.0551. The molecule has 4 heteroatoms. The number of nitriles is 1. The van der Waals surface area contributed by atoms with E-state index in [0.29, 0.717) is 13.1 Å². The Bertz CT molecular complexity index is 551. The summed E-state index contributed by atoms with van der Waals surface area (Å²) in [5.41, 5.74) is 1.73. The van der Waals surface area contributed by atoms with Crippen molar-refractivity contribution >= 4 is 5.91 Å². The summed E-state index contributed by atoms with van der Waals surface area (Å²) in [5, 5.41) is 9.06. The third-order valence-corrected chi connectivity index (χ3v) is 4.13. The average molecular weight is 285 g/mol. The van der Waals surface area contributed by atoms with Crippen molar-refractivity contribution in [3.63, 3.8) is 0 Å². The molecule has 0 radical (unpaired) electrons. The van der Waals surface area contributed by atoms with Crippen molar-refractivity contribution in [2.75, 3.05) is 26.2 Å². The molecular weight excluding hydrogens is 262 g/mol. The first kappa shape index (κ1) is 15.5. The van der Waals surface area contributed by atoms with Gasteiger partial charge in [0.2, 0.25) is 5.91 Å². The Morgan fingerprint density at radius 1 is 1.24 bits per heavy atom. The van der Waals surface area contributed by atoms with Gasteiger partial charge >= 0.3 is 0 Å². The van der Waals surface area contributed by atoms with Crippen LogP contribution in [-0.4, -0.2) is 41.9 Å². The number of nitrogens with zero attached hydrogens (tertiary/aromatic N) is 3. The van der Waals surface area contributed by atoms with Crippen LogP contribution in [0.4, 0.5) is 0 Å². The largest absolute Gasteiger partial charge is 0.339 e. The molecule has 21 heavy (non-hydrogen) atoms. The standard InChI is InChI=1S/C17H23N3O/c1-14-6-4-5-7-15(14)12-19-8-10-20(11-9-19)16(21)17(2,3)13-18/h4-7H,8-12H2,1-3H3. The molecule has 4 nitrogen and oxygen atoms in total. The van der Waals surface area contributed by atoms with Gasteiger partial charge in [0.15, 0.2) is 0 Å². The first-order valence-electron chi connectivity index (χ1n) is 7.41. The lowest BCUT2D eigenvalue weighted by atomic mass is 9.93. The van der Waals surface area contributed by atoms with E-state index in [1.807, 2.05) is 4.90 Å². The van der Waals surface area contributed by atoms with Crippen LogP contribution < -0.4 is 0 Å². The summed E-state index contributed by atoms with van der Waals surface area (Å²) in [7, 11) is 0. The number of carbonyl (C=O) groups excluding carboxylic acids is 1. The highest BCUT2D eigenvalue weighted by atomic mass is 16.2. The third-order valence-electron chi connectivity index (χ3n) is 4.13. The summed E-state index contributed by atoms with van der Waals surface area (Å²) in [4.78, 5) is 16.4. The quantitative estimate of drug-likeness (QED) is 0.855. The zero-order valence-corrected chi connectivity index (χ0v) is 13.1. The van der Waals surface area contributed by atoms with Crippen LogP contribution in [0.1, 0.15) is 25.0 Å². The van der Waals surface area contributed by atoms with Crippen LogP contribution in [0, 0.1) is 23.7 Å². The Hall–Kier alpha value is -1.86. The highest BCUT2D eigenvalue weighted by Gasteiger charge is 2.33. The lowest BCUT2D eigenvalue weighted by molar-refractivity contribution is -0.139. The van der Waals surface area contributed by atoms with Crippen LogP contribution in [0.25, 0.3) is 0 Å². The predicted octanol–water partition coefficient (Wildman–Crippen LogP) is 2.19. The van der Waals surface area contributed by atoms with Gasteiger partial charge in [-0.2, -0.15) is 5.26 Å². The minimum atomic E-state index is -0.918. The third kappa shape index (κ3) is 3.62. The number of piperazine rings is 1. The second kappa shape index (κ2) is 6.28. The SMILES string of the molecule is Cc1ccccc1CN1CCN(C(=O)C(C)(C)C#N)CC1. The van der Waals surface area contributed by atoms with E-state index in [2.05, 4.69) is 42.2 Å². The Kier molecular flexibility index (Phi) is 4.64. The molecular formula is C17H23N3O. The van der Waals surface area contributed by atoms with Gasteiger partial charge in [0.1, 0.15) is 5.41 Å². The minimum absolute atomic E-state index is 0.0551. The molecule has 0 saturated carbocycles. The highest BCUT2D eigenvalue weighted by Crippen LogP contribution is 2.19. The summed E-state index contributed by atoms with van der Waals surface area (Å²) < 4.78 is 0. The van der Waals surface area contributed by atoms with Crippen molar-refractivity contribution in [2.45, 2.75) is 27.3 Å². The number of aryl methyl sites for hydroxylation is 1. The van der Waals surface area contributed by atoms with Crippen LogP contribution in [0.2, 0.25) is 0 Å². The van der Waals surface area contributed by atoms with Crippen molar-refractivity contribution < 1.29 is 4.79 Å². The van der Waals surface area contributed by atoms with E-state index in [-0.39, 0.29) is 5.91 Å². The van der Waals surface area contributed by atoms with Gasteiger partial charge in [-0.15, -0.1) is 0 Å². The second-order valence-electron chi connectivity index (χ2n) is 6.23. The molecule has 1 aliphatic heterocycles. The maximum Gasteiger partial charge on any atom is 0.242 e. The van der Waals surface area contributed by atoms with Crippen molar-refractivity contribution in [3.8, 4) is 6.07 Å². The zero-order valence-electron chi connectivity index (χ0n) is 13.1.